The number of anilines is 1. The van der Waals surface area contributed by atoms with Crippen molar-refractivity contribution in [1.29, 1.82) is 5.26 Å². The summed E-state index contributed by atoms with van der Waals surface area (Å²) in [5, 5.41) is 27.1. The number of rotatable bonds is 4. The first-order valence-electron chi connectivity index (χ1n) is 7.29. The van der Waals surface area contributed by atoms with Crippen molar-refractivity contribution in [2.24, 2.45) is 11.8 Å². The molecule has 1 aromatic rings. The SMILES string of the molecule is CCc1nnc(N2C[C@@H](C)[C@H](C(=O)O)C2)c(C#N)c1CC. The molecule has 0 aliphatic carbocycles. The van der Waals surface area contributed by atoms with E-state index in [2.05, 4.69) is 16.3 Å². The molecule has 2 heterocycles. The Morgan fingerprint density at radius 3 is 2.57 bits per heavy atom. The monoisotopic (exact) mass is 288 g/mol. The minimum Gasteiger partial charge on any atom is -0.481 e. The van der Waals surface area contributed by atoms with Crippen LogP contribution in [0, 0.1) is 23.2 Å². The number of carboxylic acids is 1. The average Bonchev–Trinajstić information content (AvgIpc) is 2.87. The number of carbonyl (C=O) groups is 1. The van der Waals surface area contributed by atoms with E-state index in [-0.39, 0.29) is 5.92 Å². The molecule has 0 amide bonds. The van der Waals surface area contributed by atoms with Crippen LogP contribution in [0.15, 0.2) is 0 Å². The summed E-state index contributed by atoms with van der Waals surface area (Å²) < 4.78 is 0. The van der Waals surface area contributed by atoms with Gasteiger partial charge < -0.3 is 10.0 Å². The van der Waals surface area contributed by atoms with Crippen molar-refractivity contribution in [3.63, 3.8) is 0 Å². The normalized spacial score (nSPS) is 21.3. The van der Waals surface area contributed by atoms with Gasteiger partial charge in [0.05, 0.1) is 11.6 Å². The molecule has 0 saturated carbocycles. The minimum atomic E-state index is -0.794. The molecule has 0 bridgehead atoms. The van der Waals surface area contributed by atoms with Gasteiger partial charge in [-0.15, -0.1) is 5.10 Å². The molecule has 0 aromatic carbocycles. The number of nitriles is 1. The van der Waals surface area contributed by atoms with Crippen LogP contribution in [0.2, 0.25) is 0 Å². The van der Waals surface area contributed by atoms with Gasteiger partial charge in [-0.05, 0) is 24.3 Å². The highest BCUT2D eigenvalue weighted by Crippen LogP contribution is 2.30. The smallest absolute Gasteiger partial charge is 0.308 e. The Morgan fingerprint density at radius 2 is 2.10 bits per heavy atom. The molecule has 6 nitrogen and oxygen atoms in total. The lowest BCUT2D eigenvalue weighted by atomic mass is 9.99. The predicted octanol–water partition coefficient (Wildman–Crippen LogP) is 1.63. The maximum absolute atomic E-state index is 11.2. The van der Waals surface area contributed by atoms with Crippen LogP contribution in [0.3, 0.4) is 0 Å². The summed E-state index contributed by atoms with van der Waals surface area (Å²) >= 11 is 0. The maximum Gasteiger partial charge on any atom is 0.308 e. The first-order chi connectivity index (χ1) is 10.0. The van der Waals surface area contributed by atoms with Crippen molar-refractivity contribution in [3.8, 4) is 6.07 Å². The number of carboxylic acid groups (broad SMARTS) is 1. The van der Waals surface area contributed by atoms with E-state index in [1.54, 1.807) is 0 Å². The van der Waals surface area contributed by atoms with E-state index in [1.807, 2.05) is 25.7 Å². The molecule has 112 valence electrons. The van der Waals surface area contributed by atoms with Crippen LogP contribution in [0.1, 0.15) is 37.6 Å². The number of hydrogen-bond acceptors (Lipinski definition) is 5. The summed E-state index contributed by atoms with van der Waals surface area (Å²) in [5.41, 5.74) is 2.32. The van der Waals surface area contributed by atoms with E-state index in [0.29, 0.717) is 24.5 Å². The average molecular weight is 288 g/mol. The molecule has 2 rings (SSSR count). The molecule has 1 fully saturated rings. The van der Waals surface area contributed by atoms with Crippen LogP contribution < -0.4 is 4.90 Å². The van der Waals surface area contributed by atoms with Crippen LogP contribution in [-0.4, -0.2) is 34.4 Å². The summed E-state index contributed by atoms with van der Waals surface area (Å²) in [7, 11) is 0. The molecule has 0 unspecified atom stereocenters. The molecule has 1 aliphatic rings. The summed E-state index contributed by atoms with van der Waals surface area (Å²) in [6.07, 6.45) is 1.46. The van der Waals surface area contributed by atoms with E-state index in [0.717, 1.165) is 24.1 Å². The first-order valence-corrected chi connectivity index (χ1v) is 7.29. The van der Waals surface area contributed by atoms with Crippen molar-refractivity contribution < 1.29 is 9.90 Å². The third-order valence-electron chi connectivity index (χ3n) is 4.17. The predicted molar refractivity (Wildman–Crippen MR) is 78.0 cm³/mol. The van der Waals surface area contributed by atoms with Crippen LogP contribution in [-0.2, 0) is 17.6 Å². The fraction of sp³-hybridized carbons (Fsp3) is 0.600. The summed E-state index contributed by atoms with van der Waals surface area (Å²) in [5.74, 6) is -0.652. The van der Waals surface area contributed by atoms with E-state index in [9.17, 15) is 15.2 Å². The molecular weight excluding hydrogens is 268 g/mol. The van der Waals surface area contributed by atoms with Gasteiger partial charge in [-0.25, -0.2) is 0 Å². The minimum absolute atomic E-state index is 0.0340. The Labute approximate surface area is 124 Å². The van der Waals surface area contributed by atoms with Crippen molar-refractivity contribution in [2.45, 2.75) is 33.6 Å². The van der Waals surface area contributed by atoms with Crippen molar-refractivity contribution >= 4 is 11.8 Å². The lowest BCUT2D eigenvalue weighted by Gasteiger charge is -2.20. The zero-order chi connectivity index (χ0) is 15.6. The van der Waals surface area contributed by atoms with Gasteiger partial charge in [-0.3, -0.25) is 4.79 Å². The molecule has 2 atom stereocenters. The first kappa shape index (κ1) is 15.2. The Kier molecular flexibility index (Phi) is 4.41. The largest absolute Gasteiger partial charge is 0.481 e. The van der Waals surface area contributed by atoms with Crippen molar-refractivity contribution in [2.75, 3.05) is 18.0 Å². The van der Waals surface area contributed by atoms with Gasteiger partial charge in [0.1, 0.15) is 11.6 Å². The lowest BCUT2D eigenvalue weighted by molar-refractivity contribution is -0.142. The van der Waals surface area contributed by atoms with Crippen LogP contribution in [0.5, 0.6) is 0 Å². The van der Waals surface area contributed by atoms with Gasteiger partial charge in [0.2, 0.25) is 0 Å². The maximum atomic E-state index is 11.2. The second-order valence-electron chi connectivity index (χ2n) is 5.47. The zero-order valence-electron chi connectivity index (χ0n) is 12.6. The van der Waals surface area contributed by atoms with Crippen molar-refractivity contribution in [3.05, 3.63) is 16.8 Å². The third-order valence-corrected chi connectivity index (χ3v) is 4.17. The quantitative estimate of drug-likeness (QED) is 0.905. The Bertz CT molecular complexity index is 594. The molecule has 0 radical (unpaired) electrons. The van der Waals surface area contributed by atoms with Gasteiger partial charge in [0.15, 0.2) is 5.82 Å². The number of aliphatic carboxylic acids is 1. The Balaban J connectivity index is 2.42. The second-order valence-corrected chi connectivity index (χ2v) is 5.47. The number of aryl methyl sites for hydroxylation is 1. The fourth-order valence-corrected chi connectivity index (χ4v) is 2.96. The van der Waals surface area contributed by atoms with Gasteiger partial charge in [0, 0.05) is 13.1 Å². The molecule has 0 spiro atoms. The molecule has 21 heavy (non-hydrogen) atoms. The van der Waals surface area contributed by atoms with E-state index in [1.165, 1.54) is 0 Å². The summed E-state index contributed by atoms with van der Waals surface area (Å²) in [6.45, 7) is 6.87. The van der Waals surface area contributed by atoms with Crippen molar-refractivity contribution in [1.82, 2.24) is 10.2 Å². The van der Waals surface area contributed by atoms with Crippen LogP contribution in [0.25, 0.3) is 0 Å². The Morgan fingerprint density at radius 1 is 1.38 bits per heavy atom. The molecule has 1 aliphatic heterocycles. The van der Waals surface area contributed by atoms with E-state index < -0.39 is 11.9 Å². The zero-order valence-corrected chi connectivity index (χ0v) is 12.6. The number of hydrogen-bond donors (Lipinski definition) is 1. The fourth-order valence-electron chi connectivity index (χ4n) is 2.96. The summed E-state index contributed by atoms with van der Waals surface area (Å²) in [4.78, 5) is 13.1. The Hall–Kier alpha value is -2.16. The number of aromatic nitrogens is 2. The van der Waals surface area contributed by atoms with Gasteiger partial charge >= 0.3 is 5.97 Å². The highest BCUT2D eigenvalue weighted by molar-refractivity contribution is 5.73. The van der Waals surface area contributed by atoms with Crippen LogP contribution >= 0.6 is 0 Å². The standard InChI is InChI=1S/C15H20N4O2/c1-4-10-11(6-16)14(18-17-13(10)5-2)19-7-9(3)12(8-19)15(20)21/h9,12H,4-5,7-8H2,1-3H3,(H,20,21)/t9-,12-/m1/s1. The van der Waals surface area contributed by atoms with Gasteiger partial charge in [0.25, 0.3) is 0 Å². The van der Waals surface area contributed by atoms with E-state index >= 15 is 0 Å². The topological polar surface area (TPSA) is 90.1 Å². The van der Waals surface area contributed by atoms with Gasteiger partial charge in [-0.2, -0.15) is 10.4 Å². The second kappa shape index (κ2) is 6.08. The molecule has 1 aromatic heterocycles. The van der Waals surface area contributed by atoms with Gasteiger partial charge in [-0.1, -0.05) is 20.8 Å². The highest BCUT2D eigenvalue weighted by Gasteiger charge is 2.36. The molecule has 6 heteroatoms. The molecular formula is C15H20N4O2. The van der Waals surface area contributed by atoms with E-state index in [4.69, 9.17) is 0 Å². The lowest BCUT2D eigenvalue weighted by Crippen LogP contribution is -2.25. The summed E-state index contributed by atoms with van der Waals surface area (Å²) in [6, 6.07) is 2.23. The van der Waals surface area contributed by atoms with Crippen LogP contribution in [0.4, 0.5) is 5.82 Å². The molecule has 1 saturated heterocycles. The molecule has 1 N–H and O–H groups in total. The number of nitrogens with zero attached hydrogens (tertiary/aromatic N) is 4. The highest BCUT2D eigenvalue weighted by atomic mass is 16.4. The third kappa shape index (κ3) is 2.68.